The highest BCUT2D eigenvalue weighted by Crippen LogP contribution is 2.14. The SMILES string of the molecule is CCCCSCc1ccc(CC(=O)NN)cc1. The Morgan fingerprint density at radius 1 is 1.29 bits per heavy atom. The molecule has 3 nitrogen and oxygen atoms in total. The Labute approximate surface area is 107 Å². The minimum Gasteiger partial charge on any atom is -0.294 e. The maximum Gasteiger partial charge on any atom is 0.238 e. The second-order valence-electron chi connectivity index (χ2n) is 3.97. The Balaban J connectivity index is 2.36. The van der Waals surface area contributed by atoms with E-state index in [-0.39, 0.29) is 5.91 Å². The van der Waals surface area contributed by atoms with Gasteiger partial charge in [0.2, 0.25) is 5.91 Å². The van der Waals surface area contributed by atoms with Crippen LogP contribution in [-0.4, -0.2) is 11.7 Å². The molecule has 0 radical (unpaired) electrons. The molecule has 0 aliphatic carbocycles. The number of amides is 1. The van der Waals surface area contributed by atoms with Gasteiger partial charge in [-0.05, 0) is 23.3 Å². The van der Waals surface area contributed by atoms with Gasteiger partial charge in [-0.15, -0.1) is 0 Å². The molecule has 0 aliphatic heterocycles. The molecule has 1 rings (SSSR count). The topological polar surface area (TPSA) is 55.1 Å². The molecule has 0 heterocycles. The Morgan fingerprint density at radius 3 is 2.53 bits per heavy atom. The third-order valence-electron chi connectivity index (χ3n) is 2.46. The van der Waals surface area contributed by atoms with Gasteiger partial charge in [0.15, 0.2) is 0 Å². The number of thioether (sulfide) groups is 1. The zero-order valence-corrected chi connectivity index (χ0v) is 11.1. The first-order valence-electron chi connectivity index (χ1n) is 5.91. The van der Waals surface area contributed by atoms with Crippen LogP contribution in [0.2, 0.25) is 0 Å². The van der Waals surface area contributed by atoms with E-state index in [0.29, 0.717) is 6.42 Å². The molecule has 0 atom stereocenters. The number of carbonyl (C=O) groups excluding carboxylic acids is 1. The first-order chi connectivity index (χ1) is 8.26. The molecule has 4 heteroatoms. The van der Waals surface area contributed by atoms with Crippen LogP contribution in [0.15, 0.2) is 24.3 Å². The summed E-state index contributed by atoms with van der Waals surface area (Å²) in [6, 6.07) is 8.14. The maximum atomic E-state index is 11.1. The molecule has 17 heavy (non-hydrogen) atoms. The van der Waals surface area contributed by atoms with Gasteiger partial charge in [-0.2, -0.15) is 11.8 Å². The summed E-state index contributed by atoms with van der Waals surface area (Å²) in [5.74, 6) is 7.14. The van der Waals surface area contributed by atoms with E-state index in [4.69, 9.17) is 5.84 Å². The number of carbonyl (C=O) groups is 1. The zero-order valence-electron chi connectivity index (χ0n) is 10.2. The number of hydrogen-bond donors (Lipinski definition) is 2. The van der Waals surface area contributed by atoms with Crippen LogP contribution in [0.25, 0.3) is 0 Å². The smallest absolute Gasteiger partial charge is 0.238 e. The zero-order chi connectivity index (χ0) is 12.5. The Morgan fingerprint density at radius 2 is 1.94 bits per heavy atom. The number of nitrogens with two attached hydrogens (primary N) is 1. The van der Waals surface area contributed by atoms with Crippen molar-refractivity contribution in [3.63, 3.8) is 0 Å². The maximum absolute atomic E-state index is 11.1. The van der Waals surface area contributed by atoms with Gasteiger partial charge in [0.05, 0.1) is 6.42 Å². The number of rotatable bonds is 7. The summed E-state index contributed by atoms with van der Waals surface area (Å²) in [7, 11) is 0. The first kappa shape index (κ1) is 14.1. The van der Waals surface area contributed by atoms with E-state index in [1.807, 2.05) is 23.9 Å². The van der Waals surface area contributed by atoms with E-state index in [9.17, 15) is 4.79 Å². The van der Waals surface area contributed by atoms with Gasteiger partial charge in [0.1, 0.15) is 0 Å². The second kappa shape index (κ2) is 8.14. The third kappa shape index (κ3) is 5.75. The van der Waals surface area contributed by atoms with Crippen LogP contribution in [0.5, 0.6) is 0 Å². The molecule has 1 aromatic rings. The highest BCUT2D eigenvalue weighted by atomic mass is 32.2. The fourth-order valence-electron chi connectivity index (χ4n) is 1.43. The summed E-state index contributed by atoms with van der Waals surface area (Å²) >= 11 is 1.96. The molecule has 1 amide bonds. The van der Waals surface area contributed by atoms with Gasteiger partial charge in [-0.3, -0.25) is 10.2 Å². The number of hydrazine groups is 1. The Hall–Kier alpha value is -1.00. The van der Waals surface area contributed by atoms with E-state index in [1.54, 1.807) is 0 Å². The van der Waals surface area contributed by atoms with Crippen molar-refractivity contribution in [3.8, 4) is 0 Å². The Bertz CT molecular complexity index is 338. The molecule has 0 fully saturated rings. The summed E-state index contributed by atoms with van der Waals surface area (Å²) < 4.78 is 0. The van der Waals surface area contributed by atoms with E-state index >= 15 is 0 Å². The summed E-state index contributed by atoms with van der Waals surface area (Å²) in [6.45, 7) is 2.21. The summed E-state index contributed by atoms with van der Waals surface area (Å²) in [4.78, 5) is 11.1. The second-order valence-corrected chi connectivity index (χ2v) is 5.07. The lowest BCUT2D eigenvalue weighted by molar-refractivity contribution is -0.120. The molecular formula is C13H20N2OS. The van der Waals surface area contributed by atoms with E-state index < -0.39 is 0 Å². The third-order valence-corrected chi connectivity index (χ3v) is 3.57. The summed E-state index contributed by atoms with van der Waals surface area (Å²) in [5, 5.41) is 0. The van der Waals surface area contributed by atoms with Crippen molar-refractivity contribution in [3.05, 3.63) is 35.4 Å². The fourth-order valence-corrected chi connectivity index (χ4v) is 2.49. The van der Waals surface area contributed by atoms with Crippen LogP contribution < -0.4 is 11.3 Å². The van der Waals surface area contributed by atoms with Crippen LogP contribution >= 0.6 is 11.8 Å². The van der Waals surface area contributed by atoms with Crippen molar-refractivity contribution >= 4 is 17.7 Å². The van der Waals surface area contributed by atoms with Crippen LogP contribution in [0.4, 0.5) is 0 Å². The van der Waals surface area contributed by atoms with Crippen LogP contribution in [0.3, 0.4) is 0 Å². The van der Waals surface area contributed by atoms with Gasteiger partial charge in [-0.25, -0.2) is 5.84 Å². The molecule has 0 saturated heterocycles. The van der Waals surface area contributed by atoms with Crippen molar-refractivity contribution < 1.29 is 4.79 Å². The van der Waals surface area contributed by atoms with Crippen LogP contribution in [0.1, 0.15) is 30.9 Å². The minimum atomic E-state index is -0.157. The molecule has 0 saturated carbocycles. The largest absolute Gasteiger partial charge is 0.294 e. The standard InChI is InChI=1S/C13H20N2OS/c1-2-3-8-17-10-12-6-4-11(5-7-12)9-13(16)15-14/h4-7H,2-3,8-10,14H2,1H3,(H,15,16). The molecule has 0 aliphatic rings. The average molecular weight is 252 g/mol. The summed E-state index contributed by atoms with van der Waals surface area (Å²) in [5.41, 5.74) is 4.44. The van der Waals surface area contributed by atoms with Crippen molar-refractivity contribution in [2.75, 3.05) is 5.75 Å². The monoisotopic (exact) mass is 252 g/mol. The highest BCUT2D eigenvalue weighted by Gasteiger charge is 2.01. The van der Waals surface area contributed by atoms with Crippen molar-refractivity contribution in [2.24, 2.45) is 5.84 Å². The molecule has 94 valence electrons. The molecule has 0 aromatic heterocycles. The van der Waals surface area contributed by atoms with Gasteiger partial charge in [-0.1, -0.05) is 37.6 Å². The van der Waals surface area contributed by atoms with Crippen molar-refractivity contribution in [2.45, 2.75) is 31.9 Å². The molecule has 1 aromatic carbocycles. The van der Waals surface area contributed by atoms with Crippen LogP contribution in [-0.2, 0) is 17.0 Å². The van der Waals surface area contributed by atoms with E-state index in [2.05, 4.69) is 24.5 Å². The highest BCUT2D eigenvalue weighted by molar-refractivity contribution is 7.98. The van der Waals surface area contributed by atoms with E-state index in [1.165, 1.54) is 24.2 Å². The van der Waals surface area contributed by atoms with Gasteiger partial charge in [0.25, 0.3) is 0 Å². The number of hydrogen-bond acceptors (Lipinski definition) is 3. The number of nitrogens with one attached hydrogen (secondary N) is 1. The van der Waals surface area contributed by atoms with Gasteiger partial charge >= 0.3 is 0 Å². The van der Waals surface area contributed by atoms with Gasteiger partial charge in [0, 0.05) is 5.75 Å². The lowest BCUT2D eigenvalue weighted by Gasteiger charge is -2.04. The first-order valence-corrected chi connectivity index (χ1v) is 7.06. The molecule has 0 unspecified atom stereocenters. The lowest BCUT2D eigenvalue weighted by atomic mass is 10.1. The van der Waals surface area contributed by atoms with Gasteiger partial charge < -0.3 is 0 Å². The van der Waals surface area contributed by atoms with Crippen molar-refractivity contribution in [1.29, 1.82) is 0 Å². The lowest BCUT2D eigenvalue weighted by Crippen LogP contribution is -2.31. The molecule has 0 spiro atoms. The normalized spacial score (nSPS) is 10.2. The number of unbranched alkanes of at least 4 members (excludes halogenated alkanes) is 1. The average Bonchev–Trinajstić information content (AvgIpc) is 2.36. The van der Waals surface area contributed by atoms with E-state index in [0.717, 1.165) is 11.3 Å². The number of benzene rings is 1. The predicted octanol–water partition coefficient (Wildman–Crippen LogP) is 2.25. The Kier molecular flexibility index (Phi) is 6.74. The summed E-state index contributed by atoms with van der Waals surface area (Å²) in [6.07, 6.45) is 2.87. The predicted molar refractivity (Wildman–Crippen MR) is 73.5 cm³/mol. The fraction of sp³-hybridized carbons (Fsp3) is 0.462. The van der Waals surface area contributed by atoms with Crippen molar-refractivity contribution in [1.82, 2.24) is 5.43 Å². The molecular weight excluding hydrogens is 232 g/mol. The quantitative estimate of drug-likeness (QED) is 0.339. The molecule has 0 bridgehead atoms. The minimum absolute atomic E-state index is 0.157. The van der Waals surface area contributed by atoms with Crippen LogP contribution in [0, 0.1) is 0 Å². The molecule has 3 N–H and O–H groups in total.